The first-order valence-corrected chi connectivity index (χ1v) is 5.74. The van der Waals surface area contributed by atoms with Crippen molar-refractivity contribution < 1.29 is 9.90 Å². The Balaban J connectivity index is 2.36. The molecule has 3 nitrogen and oxygen atoms in total. The van der Waals surface area contributed by atoms with Gasteiger partial charge in [0.05, 0.1) is 16.0 Å². The van der Waals surface area contributed by atoms with E-state index in [0.29, 0.717) is 23.1 Å². The van der Waals surface area contributed by atoms with E-state index in [1.807, 2.05) is 6.07 Å². The molecule has 1 heterocycles. The Labute approximate surface area is 103 Å². The molecule has 2 unspecified atom stereocenters. The maximum absolute atomic E-state index is 11.1. The van der Waals surface area contributed by atoms with Crippen LogP contribution >= 0.6 is 23.2 Å². The number of nitrogens with one attached hydrogen (secondary N) is 1. The molecule has 1 aliphatic rings. The maximum Gasteiger partial charge on any atom is 0.308 e. The molecule has 0 saturated carbocycles. The van der Waals surface area contributed by atoms with Crippen LogP contribution in [0.4, 0.5) is 0 Å². The molecule has 1 aliphatic heterocycles. The molecule has 1 aromatic rings. The minimum atomic E-state index is -0.800. The van der Waals surface area contributed by atoms with Crippen molar-refractivity contribution in [1.29, 1.82) is 0 Å². The minimum absolute atomic E-state index is 0.108. The molecule has 86 valence electrons. The van der Waals surface area contributed by atoms with Crippen molar-refractivity contribution >= 4 is 29.2 Å². The first-order valence-electron chi connectivity index (χ1n) is 4.98. The van der Waals surface area contributed by atoms with Crippen LogP contribution in [0.1, 0.15) is 11.5 Å². The summed E-state index contributed by atoms with van der Waals surface area (Å²) in [5, 5.41) is 13.1. The Morgan fingerprint density at radius 1 is 1.38 bits per heavy atom. The fourth-order valence-electron chi connectivity index (χ4n) is 2.07. The summed E-state index contributed by atoms with van der Waals surface area (Å²) < 4.78 is 0. The first-order chi connectivity index (χ1) is 7.61. The lowest BCUT2D eigenvalue weighted by atomic mass is 9.89. The zero-order valence-corrected chi connectivity index (χ0v) is 9.92. The number of carboxylic acid groups (broad SMARTS) is 1. The second kappa shape index (κ2) is 4.62. The van der Waals surface area contributed by atoms with Crippen molar-refractivity contribution in [3.63, 3.8) is 0 Å². The number of aliphatic carboxylic acids is 1. The van der Waals surface area contributed by atoms with Gasteiger partial charge in [0, 0.05) is 19.0 Å². The molecule has 0 radical (unpaired) electrons. The van der Waals surface area contributed by atoms with Gasteiger partial charge in [-0.1, -0.05) is 35.3 Å². The third kappa shape index (κ3) is 2.03. The fraction of sp³-hybridized carbons (Fsp3) is 0.364. The van der Waals surface area contributed by atoms with Gasteiger partial charge in [0.1, 0.15) is 0 Å². The van der Waals surface area contributed by atoms with Crippen LogP contribution in [0.3, 0.4) is 0 Å². The second-order valence-corrected chi connectivity index (χ2v) is 4.64. The molecule has 0 amide bonds. The van der Waals surface area contributed by atoms with Gasteiger partial charge in [0.25, 0.3) is 0 Å². The average molecular weight is 260 g/mol. The van der Waals surface area contributed by atoms with E-state index in [0.717, 1.165) is 5.56 Å². The number of hydrogen-bond acceptors (Lipinski definition) is 2. The Hall–Kier alpha value is -0.770. The monoisotopic (exact) mass is 259 g/mol. The molecule has 2 atom stereocenters. The van der Waals surface area contributed by atoms with Gasteiger partial charge in [-0.05, 0) is 11.6 Å². The molecular formula is C11H11Cl2NO2. The topological polar surface area (TPSA) is 49.3 Å². The van der Waals surface area contributed by atoms with Gasteiger partial charge in [-0.15, -0.1) is 0 Å². The van der Waals surface area contributed by atoms with Gasteiger partial charge in [0.15, 0.2) is 0 Å². The highest BCUT2D eigenvalue weighted by Crippen LogP contribution is 2.36. The van der Waals surface area contributed by atoms with Crippen LogP contribution in [0.5, 0.6) is 0 Å². The molecule has 2 N–H and O–H groups in total. The second-order valence-electron chi connectivity index (χ2n) is 3.85. The quantitative estimate of drug-likeness (QED) is 0.858. The highest BCUT2D eigenvalue weighted by molar-refractivity contribution is 6.42. The van der Waals surface area contributed by atoms with Crippen LogP contribution < -0.4 is 5.32 Å². The Morgan fingerprint density at radius 2 is 2.12 bits per heavy atom. The van der Waals surface area contributed by atoms with Crippen molar-refractivity contribution in [2.75, 3.05) is 13.1 Å². The third-order valence-corrected chi connectivity index (χ3v) is 3.75. The summed E-state index contributed by atoms with van der Waals surface area (Å²) in [6, 6.07) is 5.33. The number of rotatable bonds is 2. The lowest BCUT2D eigenvalue weighted by Crippen LogP contribution is -2.21. The lowest BCUT2D eigenvalue weighted by molar-refractivity contribution is -0.141. The van der Waals surface area contributed by atoms with E-state index in [-0.39, 0.29) is 5.92 Å². The molecule has 1 saturated heterocycles. The van der Waals surface area contributed by atoms with Crippen molar-refractivity contribution in [1.82, 2.24) is 5.32 Å². The van der Waals surface area contributed by atoms with E-state index < -0.39 is 11.9 Å². The molecular weight excluding hydrogens is 249 g/mol. The van der Waals surface area contributed by atoms with Crippen LogP contribution in [-0.4, -0.2) is 24.2 Å². The summed E-state index contributed by atoms with van der Waals surface area (Å²) in [6.07, 6.45) is 0. The molecule has 0 bridgehead atoms. The third-order valence-electron chi connectivity index (χ3n) is 2.91. The van der Waals surface area contributed by atoms with E-state index in [1.165, 1.54) is 0 Å². The highest BCUT2D eigenvalue weighted by atomic mass is 35.5. The van der Waals surface area contributed by atoms with Crippen LogP contribution in [0, 0.1) is 5.92 Å². The summed E-state index contributed by atoms with van der Waals surface area (Å²) in [7, 11) is 0. The maximum atomic E-state index is 11.1. The van der Waals surface area contributed by atoms with Gasteiger partial charge in [-0.2, -0.15) is 0 Å². The molecule has 0 aromatic heterocycles. The van der Waals surface area contributed by atoms with Crippen molar-refractivity contribution in [3.05, 3.63) is 33.8 Å². The summed E-state index contributed by atoms with van der Waals surface area (Å²) in [6.45, 7) is 1.10. The number of carboxylic acids is 1. The van der Waals surface area contributed by atoms with Gasteiger partial charge >= 0.3 is 5.97 Å². The average Bonchev–Trinajstić information content (AvgIpc) is 2.70. The minimum Gasteiger partial charge on any atom is -0.481 e. The van der Waals surface area contributed by atoms with Gasteiger partial charge < -0.3 is 10.4 Å². The predicted molar refractivity (Wildman–Crippen MR) is 63.2 cm³/mol. The largest absolute Gasteiger partial charge is 0.481 e. The standard InChI is InChI=1S/C11H11Cl2NO2/c12-9-3-1-2-6(10(9)13)7-4-14-5-8(7)11(15)16/h1-3,7-8,14H,4-5H2,(H,15,16). The molecule has 5 heteroatoms. The SMILES string of the molecule is O=C(O)C1CNCC1c1cccc(Cl)c1Cl. The van der Waals surface area contributed by atoms with Crippen LogP contribution in [0.15, 0.2) is 18.2 Å². The van der Waals surface area contributed by atoms with Crippen molar-refractivity contribution in [2.45, 2.75) is 5.92 Å². The normalized spacial score (nSPS) is 24.6. The first kappa shape index (κ1) is 11.7. The Bertz CT molecular complexity index is 422. The zero-order chi connectivity index (χ0) is 11.7. The van der Waals surface area contributed by atoms with E-state index in [2.05, 4.69) is 5.32 Å². The van der Waals surface area contributed by atoms with E-state index in [4.69, 9.17) is 28.3 Å². The molecule has 16 heavy (non-hydrogen) atoms. The summed E-state index contributed by atoms with van der Waals surface area (Å²) in [5.74, 6) is -1.34. The van der Waals surface area contributed by atoms with Crippen LogP contribution in [0.25, 0.3) is 0 Å². The van der Waals surface area contributed by atoms with Gasteiger partial charge in [-0.25, -0.2) is 0 Å². The predicted octanol–water partition coefficient (Wildman–Crippen LogP) is 2.38. The van der Waals surface area contributed by atoms with E-state index in [1.54, 1.807) is 12.1 Å². The summed E-state index contributed by atoms with van der Waals surface area (Å²) in [5.41, 5.74) is 0.812. The Morgan fingerprint density at radius 3 is 2.81 bits per heavy atom. The lowest BCUT2D eigenvalue weighted by Gasteiger charge is -2.16. The molecule has 1 fully saturated rings. The van der Waals surface area contributed by atoms with E-state index >= 15 is 0 Å². The van der Waals surface area contributed by atoms with Crippen molar-refractivity contribution in [3.8, 4) is 0 Å². The molecule has 1 aromatic carbocycles. The van der Waals surface area contributed by atoms with Crippen LogP contribution in [0.2, 0.25) is 10.0 Å². The van der Waals surface area contributed by atoms with Crippen molar-refractivity contribution in [2.24, 2.45) is 5.92 Å². The van der Waals surface area contributed by atoms with E-state index in [9.17, 15) is 4.79 Å². The zero-order valence-electron chi connectivity index (χ0n) is 8.41. The molecule has 0 spiro atoms. The Kier molecular flexibility index (Phi) is 3.38. The van der Waals surface area contributed by atoms with Gasteiger partial charge in [0.2, 0.25) is 0 Å². The number of halogens is 2. The smallest absolute Gasteiger partial charge is 0.308 e. The highest BCUT2D eigenvalue weighted by Gasteiger charge is 2.35. The number of hydrogen-bond donors (Lipinski definition) is 2. The number of benzene rings is 1. The van der Waals surface area contributed by atoms with Gasteiger partial charge in [-0.3, -0.25) is 4.79 Å². The summed E-state index contributed by atoms with van der Waals surface area (Å²) >= 11 is 12.0. The van der Waals surface area contributed by atoms with Crippen LogP contribution in [-0.2, 0) is 4.79 Å². The molecule has 0 aliphatic carbocycles. The fourth-order valence-corrected chi connectivity index (χ4v) is 2.52. The molecule has 2 rings (SSSR count). The number of carbonyl (C=O) groups is 1. The summed E-state index contributed by atoms with van der Waals surface area (Å²) in [4.78, 5) is 11.1.